The molecular weight excluding hydrogens is 224 g/mol. The summed E-state index contributed by atoms with van der Waals surface area (Å²) in [7, 11) is 2.24. The van der Waals surface area contributed by atoms with Crippen molar-refractivity contribution in [1.82, 2.24) is 4.90 Å². The minimum absolute atomic E-state index is 0.379. The second-order valence-corrected chi connectivity index (χ2v) is 6.75. The number of ether oxygens (including phenoxy) is 1. The molecule has 1 saturated carbocycles. The molecule has 2 rings (SSSR count). The predicted molar refractivity (Wildman–Crippen MR) is 75.5 cm³/mol. The van der Waals surface area contributed by atoms with Crippen molar-refractivity contribution in [3.8, 4) is 0 Å². The van der Waals surface area contributed by atoms with Gasteiger partial charge in [-0.1, -0.05) is 13.8 Å². The van der Waals surface area contributed by atoms with E-state index in [2.05, 4.69) is 32.7 Å². The maximum absolute atomic E-state index is 6.38. The zero-order valence-corrected chi connectivity index (χ0v) is 12.4. The molecule has 1 heterocycles. The Bertz CT molecular complexity index is 259. The van der Waals surface area contributed by atoms with Gasteiger partial charge in [0.15, 0.2) is 0 Å². The van der Waals surface area contributed by atoms with E-state index in [4.69, 9.17) is 10.5 Å². The van der Waals surface area contributed by atoms with E-state index in [0.29, 0.717) is 24.1 Å². The van der Waals surface area contributed by atoms with Crippen LogP contribution in [0.15, 0.2) is 0 Å². The molecule has 0 radical (unpaired) electrons. The Morgan fingerprint density at radius 3 is 2.50 bits per heavy atom. The SMILES string of the molecule is CC1CC(C)C(CN(C)C2CCOC2C)C(N)C1. The molecule has 6 unspecified atom stereocenters. The molecule has 0 amide bonds. The highest BCUT2D eigenvalue weighted by molar-refractivity contribution is 4.89. The molecule has 0 aromatic rings. The van der Waals surface area contributed by atoms with Crippen molar-refractivity contribution >= 4 is 0 Å². The lowest BCUT2D eigenvalue weighted by Gasteiger charge is -2.41. The largest absolute Gasteiger partial charge is 0.377 e. The van der Waals surface area contributed by atoms with Crippen molar-refractivity contribution in [3.05, 3.63) is 0 Å². The second kappa shape index (κ2) is 5.89. The fourth-order valence-corrected chi connectivity index (χ4v) is 4.05. The summed E-state index contributed by atoms with van der Waals surface area (Å²) in [6.45, 7) is 8.96. The highest BCUT2D eigenvalue weighted by atomic mass is 16.5. The van der Waals surface area contributed by atoms with Crippen LogP contribution in [-0.4, -0.2) is 43.3 Å². The fourth-order valence-electron chi connectivity index (χ4n) is 4.05. The van der Waals surface area contributed by atoms with Gasteiger partial charge in [0.25, 0.3) is 0 Å². The van der Waals surface area contributed by atoms with E-state index in [1.54, 1.807) is 0 Å². The molecule has 2 N–H and O–H groups in total. The molecule has 1 saturated heterocycles. The van der Waals surface area contributed by atoms with Gasteiger partial charge in [0.2, 0.25) is 0 Å². The third kappa shape index (κ3) is 3.06. The summed E-state index contributed by atoms with van der Waals surface area (Å²) in [5, 5.41) is 0. The minimum atomic E-state index is 0.379. The summed E-state index contributed by atoms with van der Waals surface area (Å²) in [6.07, 6.45) is 4.08. The van der Waals surface area contributed by atoms with E-state index >= 15 is 0 Å². The van der Waals surface area contributed by atoms with Crippen LogP contribution in [0.5, 0.6) is 0 Å². The van der Waals surface area contributed by atoms with Gasteiger partial charge in [0, 0.05) is 25.2 Å². The predicted octanol–water partition coefficient (Wildman–Crippen LogP) is 2.11. The maximum atomic E-state index is 6.38. The smallest absolute Gasteiger partial charge is 0.0702 e. The van der Waals surface area contributed by atoms with Crippen molar-refractivity contribution < 1.29 is 4.74 Å². The van der Waals surface area contributed by atoms with Crippen molar-refractivity contribution in [2.75, 3.05) is 20.2 Å². The first-order valence-corrected chi connectivity index (χ1v) is 7.56. The Labute approximate surface area is 112 Å². The molecule has 2 aliphatic rings. The van der Waals surface area contributed by atoms with Crippen molar-refractivity contribution in [2.24, 2.45) is 23.5 Å². The Morgan fingerprint density at radius 1 is 1.22 bits per heavy atom. The summed E-state index contributed by atoms with van der Waals surface area (Å²) >= 11 is 0. The third-order valence-electron chi connectivity index (χ3n) is 5.13. The van der Waals surface area contributed by atoms with Crippen LogP contribution in [-0.2, 0) is 4.74 Å². The summed E-state index contributed by atoms with van der Waals surface area (Å²) in [5.74, 6) is 2.20. The fraction of sp³-hybridized carbons (Fsp3) is 1.00. The lowest BCUT2D eigenvalue weighted by atomic mass is 9.72. The first-order valence-electron chi connectivity index (χ1n) is 7.56. The van der Waals surface area contributed by atoms with Crippen LogP contribution in [0.3, 0.4) is 0 Å². The monoisotopic (exact) mass is 254 g/mol. The van der Waals surface area contributed by atoms with E-state index in [1.807, 2.05) is 0 Å². The minimum Gasteiger partial charge on any atom is -0.377 e. The molecule has 2 fully saturated rings. The number of hydrogen-bond donors (Lipinski definition) is 1. The Morgan fingerprint density at radius 2 is 1.94 bits per heavy atom. The molecule has 1 aliphatic heterocycles. The van der Waals surface area contributed by atoms with Crippen LogP contribution < -0.4 is 5.73 Å². The molecule has 0 spiro atoms. The molecule has 106 valence electrons. The van der Waals surface area contributed by atoms with Crippen LogP contribution in [0, 0.1) is 17.8 Å². The molecule has 0 bridgehead atoms. The van der Waals surface area contributed by atoms with Gasteiger partial charge in [0.1, 0.15) is 0 Å². The average Bonchev–Trinajstić information content (AvgIpc) is 2.69. The van der Waals surface area contributed by atoms with E-state index in [1.165, 1.54) is 19.3 Å². The van der Waals surface area contributed by atoms with Crippen molar-refractivity contribution in [2.45, 2.75) is 58.2 Å². The van der Waals surface area contributed by atoms with Gasteiger partial charge in [-0.25, -0.2) is 0 Å². The molecule has 18 heavy (non-hydrogen) atoms. The number of hydrogen-bond acceptors (Lipinski definition) is 3. The van der Waals surface area contributed by atoms with Gasteiger partial charge in [-0.15, -0.1) is 0 Å². The van der Waals surface area contributed by atoms with Crippen molar-refractivity contribution in [1.29, 1.82) is 0 Å². The lowest BCUT2D eigenvalue weighted by Crippen LogP contribution is -2.49. The number of likely N-dealkylation sites (N-methyl/N-ethyl adjacent to an activating group) is 1. The summed E-state index contributed by atoms with van der Waals surface area (Å²) in [6, 6.07) is 0.965. The zero-order valence-electron chi connectivity index (χ0n) is 12.4. The third-order valence-corrected chi connectivity index (χ3v) is 5.13. The van der Waals surface area contributed by atoms with Gasteiger partial charge in [0.05, 0.1) is 6.10 Å². The van der Waals surface area contributed by atoms with E-state index in [-0.39, 0.29) is 0 Å². The maximum Gasteiger partial charge on any atom is 0.0702 e. The lowest BCUT2D eigenvalue weighted by molar-refractivity contribution is 0.0608. The quantitative estimate of drug-likeness (QED) is 0.838. The topological polar surface area (TPSA) is 38.5 Å². The van der Waals surface area contributed by atoms with Crippen LogP contribution >= 0.6 is 0 Å². The molecular formula is C15H30N2O. The average molecular weight is 254 g/mol. The van der Waals surface area contributed by atoms with E-state index in [9.17, 15) is 0 Å². The number of rotatable bonds is 3. The number of nitrogens with two attached hydrogens (primary N) is 1. The molecule has 6 atom stereocenters. The highest BCUT2D eigenvalue weighted by Gasteiger charge is 2.35. The zero-order chi connectivity index (χ0) is 13.3. The van der Waals surface area contributed by atoms with Gasteiger partial charge in [-0.05, 0) is 51.0 Å². The van der Waals surface area contributed by atoms with Crippen LogP contribution in [0.1, 0.15) is 40.0 Å². The summed E-state index contributed by atoms with van der Waals surface area (Å²) in [5.41, 5.74) is 6.38. The molecule has 3 heteroatoms. The first kappa shape index (κ1) is 14.3. The highest BCUT2D eigenvalue weighted by Crippen LogP contribution is 2.34. The normalized spacial score (nSPS) is 45.7. The Kier molecular flexibility index (Phi) is 4.68. The van der Waals surface area contributed by atoms with Gasteiger partial charge in [-0.3, -0.25) is 0 Å². The van der Waals surface area contributed by atoms with Gasteiger partial charge < -0.3 is 15.4 Å². The van der Waals surface area contributed by atoms with Crippen LogP contribution in [0.2, 0.25) is 0 Å². The molecule has 3 nitrogen and oxygen atoms in total. The summed E-state index contributed by atoms with van der Waals surface area (Å²) in [4.78, 5) is 2.49. The first-order chi connectivity index (χ1) is 8.49. The Balaban J connectivity index is 1.91. The van der Waals surface area contributed by atoms with E-state index in [0.717, 1.165) is 25.0 Å². The van der Waals surface area contributed by atoms with E-state index < -0.39 is 0 Å². The second-order valence-electron chi connectivity index (χ2n) is 6.75. The molecule has 0 aromatic carbocycles. The Hall–Kier alpha value is -0.120. The van der Waals surface area contributed by atoms with Gasteiger partial charge >= 0.3 is 0 Å². The molecule has 0 aromatic heterocycles. The van der Waals surface area contributed by atoms with Crippen LogP contribution in [0.25, 0.3) is 0 Å². The standard InChI is InChI=1S/C15H30N2O/c1-10-7-11(2)13(14(16)8-10)9-17(4)15-5-6-18-12(15)3/h10-15H,5-9,16H2,1-4H3. The van der Waals surface area contributed by atoms with Crippen molar-refractivity contribution in [3.63, 3.8) is 0 Å². The molecule has 1 aliphatic carbocycles. The summed E-state index contributed by atoms with van der Waals surface area (Å²) < 4.78 is 5.67. The van der Waals surface area contributed by atoms with Gasteiger partial charge in [-0.2, -0.15) is 0 Å². The van der Waals surface area contributed by atoms with Crippen LogP contribution in [0.4, 0.5) is 0 Å². The number of nitrogens with zero attached hydrogens (tertiary/aromatic N) is 1.